The first-order chi connectivity index (χ1) is 9.28. The third kappa shape index (κ3) is 3.15. The average Bonchev–Trinajstić information content (AvgIpc) is 3.13. The number of thiophene rings is 1. The van der Waals surface area contributed by atoms with E-state index in [0.29, 0.717) is 11.9 Å². The van der Waals surface area contributed by atoms with Gasteiger partial charge in [-0.05, 0) is 52.9 Å². The van der Waals surface area contributed by atoms with Gasteiger partial charge in [0.2, 0.25) is 0 Å². The Morgan fingerprint density at radius 1 is 1.32 bits per heavy atom. The molecular formula is C15H15BrClNS. The molecule has 0 aliphatic heterocycles. The minimum absolute atomic E-state index is 0.550. The fourth-order valence-electron chi connectivity index (χ4n) is 2.22. The van der Waals surface area contributed by atoms with Crippen LogP contribution >= 0.6 is 38.9 Å². The van der Waals surface area contributed by atoms with E-state index in [1.165, 1.54) is 24.1 Å². The van der Waals surface area contributed by atoms with Gasteiger partial charge in [0.15, 0.2) is 0 Å². The number of nitrogens with zero attached hydrogens (tertiary/aromatic N) is 1. The van der Waals surface area contributed by atoms with Crippen molar-refractivity contribution in [2.75, 3.05) is 4.90 Å². The van der Waals surface area contributed by atoms with Gasteiger partial charge in [-0.15, -0.1) is 11.6 Å². The van der Waals surface area contributed by atoms with Crippen molar-refractivity contribution < 1.29 is 0 Å². The SMILES string of the molecule is ClCc1ccc(N(Cc2ccsc2)C2CC2)cc1Br. The van der Waals surface area contributed by atoms with Crippen LogP contribution in [0.15, 0.2) is 39.5 Å². The monoisotopic (exact) mass is 355 g/mol. The highest BCUT2D eigenvalue weighted by Crippen LogP contribution is 2.35. The summed E-state index contributed by atoms with van der Waals surface area (Å²) in [7, 11) is 0. The van der Waals surface area contributed by atoms with E-state index in [0.717, 1.165) is 16.6 Å². The van der Waals surface area contributed by atoms with Crippen molar-refractivity contribution in [1.82, 2.24) is 0 Å². The third-order valence-corrected chi connectivity index (χ3v) is 5.19. The second kappa shape index (κ2) is 5.86. The van der Waals surface area contributed by atoms with Gasteiger partial charge < -0.3 is 4.90 Å². The predicted molar refractivity (Wildman–Crippen MR) is 87.2 cm³/mol. The highest BCUT2D eigenvalue weighted by molar-refractivity contribution is 9.10. The van der Waals surface area contributed by atoms with Crippen LogP contribution in [0.4, 0.5) is 5.69 Å². The second-order valence-electron chi connectivity index (χ2n) is 4.90. The van der Waals surface area contributed by atoms with Crippen molar-refractivity contribution in [3.8, 4) is 0 Å². The van der Waals surface area contributed by atoms with Crippen LogP contribution in [-0.2, 0) is 12.4 Å². The number of alkyl halides is 1. The molecule has 1 saturated carbocycles. The van der Waals surface area contributed by atoms with Crippen LogP contribution < -0.4 is 4.90 Å². The number of anilines is 1. The standard InChI is InChI=1S/C15H15BrClNS/c16-15-7-14(2-1-12(15)8-17)18(13-3-4-13)9-11-5-6-19-10-11/h1-2,5-7,10,13H,3-4,8-9H2. The Bertz CT molecular complexity index is 551. The minimum atomic E-state index is 0.550. The van der Waals surface area contributed by atoms with Crippen LogP contribution in [0.3, 0.4) is 0 Å². The van der Waals surface area contributed by atoms with Crippen LogP contribution in [0.2, 0.25) is 0 Å². The molecule has 3 rings (SSSR count). The highest BCUT2D eigenvalue weighted by atomic mass is 79.9. The summed E-state index contributed by atoms with van der Waals surface area (Å²) < 4.78 is 1.11. The zero-order chi connectivity index (χ0) is 13.2. The van der Waals surface area contributed by atoms with Crippen molar-refractivity contribution in [3.05, 3.63) is 50.6 Å². The lowest BCUT2D eigenvalue weighted by atomic mass is 10.2. The van der Waals surface area contributed by atoms with E-state index >= 15 is 0 Å². The van der Waals surface area contributed by atoms with E-state index in [1.807, 2.05) is 0 Å². The number of hydrogen-bond acceptors (Lipinski definition) is 2. The normalized spacial score (nSPS) is 14.6. The number of halogens is 2. The molecule has 1 nitrogen and oxygen atoms in total. The molecule has 0 bridgehead atoms. The van der Waals surface area contributed by atoms with Gasteiger partial charge in [0, 0.05) is 28.6 Å². The Morgan fingerprint density at radius 3 is 2.74 bits per heavy atom. The maximum Gasteiger partial charge on any atom is 0.0485 e. The molecule has 0 amide bonds. The van der Waals surface area contributed by atoms with E-state index in [1.54, 1.807) is 11.3 Å². The Kier molecular flexibility index (Phi) is 4.15. The maximum absolute atomic E-state index is 5.91. The van der Waals surface area contributed by atoms with E-state index in [2.05, 4.69) is 55.9 Å². The zero-order valence-corrected chi connectivity index (χ0v) is 13.6. The van der Waals surface area contributed by atoms with Crippen LogP contribution in [-0.4, -0.2) is 6.04 Å². The molecule has 0 unspecified atom stereocenters. The van der Waals surface area contributed by atoms with Crippen molar-refractivity contribution >= 4 is 44.6 Å². The number of benzene rings is 1. The molecule has 1 aliphatic carbocycles. The molecule has 100 valence electrons. The summed E-state index contributed by atoms with van der Waals surface area (Å²) >= 11 is 11.3. The van der Waals surface area contributed by atoms with Gasteiger partial charge in [-0.25, -0.2) is 0 Å². The molecule has 1 aromatic carbocycles. The Hall–Kier alpha value is -0.510. The summed E-state index contributed by atoms with van der Waals surface area (Å²) in [5.41, 5.74) is 3.83. The summed E-state index contributed by atoms with van der Waals surface area (Å²) in [6, 6.07) is 9.42. The van der Waals surface area contributed by atoms with Gasteiger partial charge in [0.05, 0.1) is 0 Å². The third-order valence-electron chi connectivity index (χ3n) is 3.43. The summed E-state index contributed by atoms with van der Waals surface area (Å²) in [5, 5.41) is 4.38. The first-order valence-electron chi connectivity index (χ1n) is 6.40. The molecule has 19 heavy (non-hydrogen) atoms. The highest BCUT2D eigenvalue weighted by Gasteiger charge is 2.29. The van der Waals surface area contributed by atoms with Crippen LogP contribution in [0, 0.1) is 0 Å². The topological polar surface area (TPSA) is 3.24 Å². The summed E-state index contributed by atoms with van der Waals surface area (Å²) in [5.74, 6) is 0.550. The molecule has 1 fully saturated rings. The van der Waals surface area contributed by atoms with Gasteiger partial charge in [-0.2, -0.15) is 11.3 Å². The lowest BCUT2D eigenvalue weighted by Crippen LogP contribution is -2.24. The Labute approximate surface area is 131 Å². The molecule has 0 N–H and O–H groups in total. The smallest absolute Gasteiger partial charge is 0.0485 e. The van der Waals surface area contributed by atoms with E-state index in [9.17, 15) is 0 Å². The van der Waals surface area contributed by atoms with Crippen molar-refractivity contribution in [2.45, 2.75) is 31.3 Å². The quantitative estimate of drug-likeness (QED) is 0.647. The number of rotatable bonds is 5. The molecule has 1 aliphatic rings. The fraction of sp³-hybridized carbons (Fsp3) is 0.333. The van der Waals surface area contributed by atoms with Crippen LogP contribution in [0.25, 0.3) is 0 Å². The molecule has 1 aromatic heterocycles. The lowest BCUT2D eigenvalue weighted by Gasteiger charge is -2.25. The van der Waals surface area contributed by atoms with E-state index in [4.69, 9.17) is 11.6 Å². The molecule has 2 aromatic rings. The average molecular weight is 357 g/mol. The molecule has 4 heteroatoms. The van der Waals surface area contributed by atoms with Crippen LogP contribution in [0.5, 0.6) is 0 Å². The summed E-state index contributed by atoms with van der Waals surface area (Å²) in [6.07, 6.45) is 2.61. The lowest BCUT2D eigenvalue weighted by molar-refractivity contribution is 0.796. The van der Waals surface area contributed by atoms with Gasteiger partial charge in [-0.1, -0.05) is 22.0 Å². The van der Waals surface area contributed by atoms with E-state index < -0.39 is 0 Å². The predicted octanol–water partition coefficient (Wildman–Crippen LogP) is 5.42. The summed E-state index contributed by atoms with van der Waals surface area (Å²) in [4.78, 5) is 2.50. The van der Waals surface area contributed by atoms with Gasteiger partial charge in [-0.3, -0.25) is 0 Å². The molecule has 1 heterocycles. The summed E-state index contributed by atoms with van der Waals surface area (Å²) in [6.45, 7) is 1.00. The van der Waals surface area contributed by atoms with Crippen molar-refractivity contribution in [3.63, 3.8) is 0 Å². The Morgan fingerprint density at radius 2 is 2.16 bits per heavy atom. The molecular weight excluding hydrogens is 342 g/mol. The largest absolute Gasteiger partial charge is 0.364 e. The van der Waals surface area contributed by atoms with E-state index in [-0.39, 0.29) is 0 Å². The first-order valence-corrected chi connectivity index (χ1v) is 8.67. The minimum Gasteiger partial charge on any atom is -0.364 e. The number of hydrogen-bond donors (Lipinski definition) is 0. The van der Waals surface area contributed by atoms with Crippen molar-refractivity contribution in [1.29, 1.82) is 0 Å². The maximum atomic E-state index is 5.91. The zero-order valence-electron chi connectivity index (χ0n) is 10.5. The molecule has 0 spiro atoms. The van der Waals surface area contributed by atoms with Gasteiger partial charge in [0.1, 0.15) is 0 Å². The van der Waals surface area contributed by atoms with Gasteiger partial charge >= 0.3 is 0 Å². The first kappa shape index (κ1) is 13.5. The second-order valence-corrected chi connectivity index (χ2v) is 6.80. The molecule has 0 radical (unpaired) electrons. The molecule has 0 saturated heterocycles. The Balaban J connectivity index is 1.85. The van der Waals surface area contributed by atoms with Crippen molar-refractivity contribution in [2.24, 2.45) is 0 Å². The van der Waals surface area contributed by atoms with Gasteiger partial charge in [0.25, 0.3) is 0 Å². The molecule has 0 atom stereocenters. The fourth-order valence-corrected chi connectivity index (χ4v) is 3.78. The van der Waals surface area contributed by atoms with Crippen LogP contribution in [0.1, 0.15) is 24.0 Å².